The maximum atomic E-state index is 12.5. The molecule has 122 valence electrons. The van der Waals surface area contributed by atoms with E-state index in [0.717, 1.165) is 10.1 Å². The molecule has 0 saturated heterocycles. The van der Waals surface area contributed by atoms with Gasteiger partial charge in [0.2, 0.25) is 0 Å². The minimum absolute atomic E-state index is 0.0889. The Balaban J connectivity index is 2.32. The Labute approximate surface area is 142 Å². The standard InChI is InChI=1S/C15H15Cl2N3O3/c1-3-20(7-9-4-5-11(16)12(17)6-9)14(22)10-8-19(2)15(23)18-13(10)21/h4-6,8H,3,7H2,1-2H3,(H,18,21,23). The summed E-state index contributed by atoms with van der Waals surface area (Å²) >= 11 is 11.8. The van der Waals surface area contributed by atoms with E-state index in [1.54, 1.807) is 25.1 Å². The predicted octanol–water partition coefficient (Wildman–Crippen LogP) is 2.04. The van der Waals surface area contributed by atoms with Gasteiger partial charge in [-0.2, -0.15) is 0 Å². The fourth-order valence-corrected chi connectivity index (χ4v) is 2.39. The first-order valence-corrected chi connectivity index (χ1v) is 7.62. The molecule has 1 aromatic heterocycles. The number of aromatic amines is 1. The van der Waals surface area contributed by atoms with Gasteiger partial charge in [0.1, 0.15) is 5.56 Å². The molecular weight excluding hydrogens is 341 g/mol. The number of carbonyl (C=O) groups is 1. The number of rotatable bonds is 4. The summed E-state index contributed by atoms with van der Waals surface area (Å²) in [4.78, 5) is 39.4. The smallest absolute Gasteiger partial charge is 0.328 e. The van der Waals surface area contributed by atoms with Gasteiger partial charge in [0.15, 0.2) is 0 Å². The third-order valence-electron chi connectivity index (χ3n) is 3.36. The Hall–Kier alpha value is -2.05. The minimum atomic E-state index is -0.703. The molecule has 0 saturated carbocycles. The molecule has 6 nitrogen and oxygen atoms in total. The number of nitrogens with zero attached hydrogens (tertiary/aromatic N) is 2. The summed E-state index contributed by atoms with van der Waals surface area (Å²) in [6.07, 6.45) is 1.24. The lowest BCUT2D eigenvalue weighted by atomic mass is 10.2. The zero-order chi connectivity index (χ0) is 17.1. The number of benzene rings is 1. The average molecular weight is 356 g/mol. The van der Waals surface area contributed by atoms with Crippen LogP contribution in [0.3, 0.4) is 0 Å². The Bertz CT molecular complexity index is 858. The second-order valence-corrected chi connectivity index (χ2v) is 5.80. The van der Waals surface area contributed by atoms with Gasteiger partial charge in [-0.05, 0) is 24.6 Å². The Morgan fingerprint density at radius 2 is 1.96 bits per heavy atom. The number of H-pyrrole nitrogens is 1. The summed E-state index contributed by atoms with van der Waals surface area (Å²) in [6, 6.07) is 5.08. The van der Waals surface area contributed by atoms with Crippen LogP contribution in [0.1, 0.15) is 22.8 Å². The molecule has 1 heterocycles. The van der Waals surface area contributed by atoms with Gasteiger partial charge in [-0.1, -0.05) is 29.3 Å². The van der Waals surface area contributed by atoms with Crippen LogP contribution in [0.15, 0.2) is 34.0 Å². The molecule has 0 aliphatic carbocycles. The van der Waals surface area contributed by atoms with Crippen LogP contribution in [-0.2, 0) is 13.6 Å². The molecule has 0 bridgehead atoms. The molecule has 2 rings (SSSR count). The highest BCUT2D eigenvalue weighted by molar-refractivity contribution is 6.42. The minimum Gasteiger partial charge on any atom is -0.334 e. The first-order chi connectivity index (χ1) is 10.8. The largest absolute Gasteiger partial charge is 0.334 e. The van der Waals surface area contributed by atoms with Crippen LogP contribution in [0.4, 0.5) is 0 Å². The fraction of sp³-hybridized carbons (Fsp3) is 0.267. The van der Waals surface area contributed by atoms with Gasteiger partial charge in [-0.3, -0.25) is 14.6 Å². The van der Waals surface area contributed by atoms with Crippen molar-refractivity contribution in [2.75, 3.05) is 6.54 Å². The number of nitrogens with one attached hydrogen (secondary N) is 1. The highest BCUT2D eigenvalue weighted by Crippen LogP contribution is 2.23. The van der Waals surface area contributed by atoms with Crippen molar-refractivity contribution in [3.63, 3.8) is 0 Å². The number of amides is 1. The third-order valence-corrected chi connectivity index (χ3v) is 4.10. The quantitative estimate of drug-likeness (QED) is 0.911. The molecule has 0 spiro atoms. The van der Waals surface area contributed by atoms with Crippen molar-refractivity contribution >= 4 is 29.1 Å². The lowest BCUT2D eigenvalue weighted by Crippen LogP contribution is -2.38. The van der Waals surface area contributed by atoms with Gasteiger partial charge in [0.05, 0.1) is 10.0 Å². The highest BCUT2D eigenvalue weighted by atomic mass is 35.5. The van der Waals surface area contributed by atoms with Crippen molar-refractivity contribution in [3.05, 3.63) is 66.4 Å². The van der Waals surface area contributed by atoms with E-state index in [1.807, 2.05) is 0 Å². The molecule has 8 heteroatoms. The molecule has 0 radical (unpaired) electrons. The van der Waals surface area contributed by atoms with E-state index in [9.17, 15) is 14.4 Å². The number of halogens is 2. The van der Waals surface area contributed by atoms with Gasteiger partial charge in [-0.15, -0.1) is 0 Å². The molecule has 0 aliphatic rings. The van der Waals surface area contributed by atoms with Gasteiger partial charge in [0, 0.05) is 26.3 Å². The molecule has 0 atom stereocenters. The first-order valence-electron chi connectivity index (χ1n) is 6.86. The maximum absolute atomic E-state index is 12.5. The van der Waals surface area contributed by atoms with E-state index in [-0.39, 0.29) is 12.1 Å². The van der Waals surface area contributed by atoms with Crippen LogP contribution >= 0.6 is 23.2 Å². The monoisotopic (exact) mass is 355 g/mol. The lowest BCUT2D eigenvalue weighted by molar-refractivity contribution is 0.0749. The van der Waals surface area contributed by atoms with Crippen LogP contribution in [0, 0.1) is 0 Å². The molecule has 0 aliphatic heterocycles. The summed E-state index contributed by atoms with van der Waals surface area (Å²) in [5.41, 5.74) is -0.574. The van der Waals surface area contributed by atoms with Gasteiger partial charge in [-0.25, -0.2) is 4.79 Å². The van der Waals surface area contributed by atoms with E-state index in [4.69, 9.17) is 23.2 Å². The summed E-state index contributed by atoms with van der Waals surface area (Å²) in [5, 5.41) is 0.826. The number of hydrogen-bond acceptors (Lipinski definition) is 3. The van der Waals surface area contributed by atoms with E-state index in [0.29, 0.717) is 16.6 Å². The zero-order valence-electron chi connectivity index (χ0n) is 12.6. The number of hydrogen-bond donors (Lipinski definition) is 1. The maximum Gasteiger partial charge on any atom is 0.328 e. The van der Waals surface area contributed by atoms with Crippen molar-refractivity contribution in [3.8, 4) is 0 Å². The number of aromatic nitrogens is 2. The Kier molecular flexibility index (Phi) is 5.28. The average Bonchev–Trinajstić information content (AvgIpc) is 2.51. The molecule has 0 unspecified atom stereocenters. The SMILES string of the molecule is CCN(Cc1ccc(Cl)c(Cl)c1)C(=O)c1cn(C)c(=O)[nH]c1=O. The van der Waals surface area contributed by atoms with Crippen molar-refractivity contribution < 1.29 is 4.79 Å². The van der Waals surface area contributed by atoms with E-state index in [1.165, 1.54) is 18.1 Å². The van der Waals surface area contributed by atoms with Crippen LogP contribution in [-0.4, -0.2) is 26.9 Å². The van der Waals surface area contributed by atoms with E-state index >= 15 is 0 Å². The van der Waals surface area contributed by atoms with E-state index < -0.39 is 17.2 Å². The molecular formula is C15H15Cl2N3O3. The predicted molar refractivity (Wildman–Crippen MR) is 89.2 cm³/mol. The summed E-state index contributed by atoms with van der Waals surface area (Å²) in [7, 11) is 1.46. The lowest BCUT2D eigenvalue weighted by Gasteiger charge is -2.21. The highest BCUT2D eigenvalue weighted by Gasteiger charge is 2.19. The number of aryl methyl sites for hydroxylation is 1. The van der Waals surface area contributed by atoms with Crippen LogP contribution in [0.5, 0.6) is 0 Å². The summed E-state index contributed by atoms with van der Waals surface area (Å²) in [6.45, 7) is 2.46. The van der Waals surface area contributed by atoms with Crippen LogP contribution in [0.2, 0.25) is 10.0 Å². The first kappa shape index (κ1) is 17.3. The summed E-state index contributed by atoms with van der Waals surface area (Å²) in [5.74, 6) is -0.463. The zero-order valence-corrected chi connectivity index (χ0v) is 14.1. The second-order valence-electron chi connectivity index (χ2n) is 4.98. The third kappa shape index (κ3) is 3.83. The molecule has 1 amide bonds. The van der Waals surface area contributed by atoms with Gasteiger partial charge < -0.3 is 9.47 Å². The van der Waals surface area contributed by atoms with Crippen molar-refractivity contribution in [2.45, 2.75) is 13.5 Å². The van der Waals surface area contributed by atoms with Crippen molar-refractivity contribution in [1.29, 1.82) is 0 Å². The molecule has 1 aromatic carbocycles. The Morgan fingerprint density at radius 3 is 2.57 bits per heavy atom. The van der Waals surface area contributed by atoms with Crippen molar-refractivity contribution in [2.24, 2.45) is 7.05 Å². The second kappa shape index (κ2) is 7.02. The van der Waals surface area contributed by atoms with Gasteiger partial charge >= 0.3 is 5.69 Å². The Morgan fingerprint density at radius 1 is 1.26 bits per heavy atom. The van der Waals surface area contributed by atoms with Crippen LogP contribution in [0.25, 0.3) is 0 Å². The normalized spacial score (nSPS) is 10.6. The molecule has 2 aromatic rings. The number of carbonyl (C=O) groups excluding carboxylic acids is 1. The van der Waals surface area contributed by atoms with Crippen molar-refractivity contribution in [1.82, 2.24) is 14.5 Å². The summed E-state index contributed by atoms with van der Waals surface area (Å²) < 4.78 is 1.15. The van der Waals surface area contributed by atoms with Crippen LogP contribution < -0.4 is 11.2 Å². The topological polar surface area (TPSA) is 75.2 Å². The fourth-order valence-electron chi connectivity index (χ4n) is 2.07. The molecule has 23 heavy (non-hydrogen) atoms. The molecule has 1 N–H and O–H groups in total. The van der Waals surface area contributed by atoms with Gasteiger partial charge in [0.25, 0.3) is 11.5 Å². The van der Waals surface area contributed by atoms with E-state index in [2.05, 4.69) is 4.98 Å². The molecule has 0 fully saturated rings.